The number of fused-ring (bicyclic) bond motifs is 1. The summed E-state index contributed by atoms with van der Waals surface area (Å²) in [5.74, 6) is 1.01. The molecule has 2 nitrogen and oxygen atoms in total. The molecule has 22 heavy (non-hydrogen) atoms. The van der Waals surface area contributed by atoms with E-state index < -0.39 is 0 Å². The first-order valence-electron chi connectivity index (χ1n) is 7.65. The normalized spacial score (nSPS) is 20.2. The third-order valence-corrected chi connectivity index (χ3v) is 5.43. The fourth-order valence-corrected chi connectivity index (χ4v) is 4.02. The number of carbonyl (C=O) groups is 1. The molecule has 1 aliphatic carbocycles. The van der Waals surface area contributed by atoms with Crippen LogP contribution in [0.4, 0.5) is 0 Å². The Labute approximate surface area is 134 Å². The highest BCUT2D eigenvalue weighted by molar-refractivity contribution is 7.13. The average molecular weight is 307 g/mol. The van der Waals surface area contributed by atoms with Gasteiger partial charge in [0.1, 0.15) is 5.78 Å². The molecule has 1 fully saturated rings. The van der Waals surface area contributed by atoms with E-state index >= 15 is 0 Å². The molecule has 3 heteroatoms. The maximum absolute atomic E-state index is 12.5. The van der Waals surface area contributed by atoms with Gasteiger partial charge in [-0.3, -0.25) is 4.79 Å². The van der Waals surface area contributed by atoms with Gasteiger partial charge in [0.15, 0.2) is 0 Å². The van der Waals surface area contributed by atoms with Crippen molar-refractivity contribution in [1.82, 2.24) is 4.37 Å². The van der Waals surface area contributed by atoms with Crippen LogP contribution < -0.4 is 0 Å². The quantitative estimate of drug-likeness (QED) is 0.709. The van der Waals surface area contributed by atoms with E-state index in [0.717, 1.165) is 17.7 Å². The molecule has 0 radical (unpaired) electrons. The van der Waals surface area contributed by atoms with Crippen LogP contribution >= 0.6 is 11.5 Å². The monoisotopic (exact) mass is 307 g/mol. The van der Waals surface area contributed by atoms with Crippen LogP contribution in [-0.2, 0) is 11.2 Å². The van der Waals surface area contributed by atoms with E-state index in [4.69, 9.17) is 0 Å². The number of carbonyl (C=O) groups excluding carboxylic acids is 1. The number of hydrogen-bond acceptors (Lipinski definition) is 3. The maximum Gasteiger partial charge on any atom is 0.140 e. The highest BCUT2D eigenvalue weighted by Gasteiger charge is 2.43. The van der Waals surface area contributed by atoms with Gasteiger partial charge in [-0.25, -0.2) is 0 Å². The molecule has 1 heterocycles. The molecule has 1 saturated carbocycles. The van der Waals surface area contributed by atoms with Gasteiger partial charge >= 0.3 is 0 Å². The van der Waals surface area contributed by atoms with E-state index in [1.165, 1.54) is 27.2 Å². The molecule has 3 aromatic rings. The summed E-state index contributed by atoms with van der Waals surface area (Å²) >= 11 is 1.52. The number of aryl methyl sites for hydroxylation is 1. The van der Waals surface area contributed by atoms with Gasteiger partial charge in [-0.05, 0) is 48.0 Å². The van der Waals surface area contributed by atoms with Crippen LogP contribution in [0.25, 0.3) is 10.1 Å². The van der Waals surface area contributed by atoms with Crippen molar-refractivity contribution in [2.75, 3.05) is 0 Å². The van der Waals surface area contributed by atoms with Crippen LogP contribution in [0.3, 0.4) is 0 Å². The van der Waals surface area contributed by atoms with Crippen molar-refractivity contribution in [2.45, 2.75) is 25.7 Å². The van der Waals surface area contributed by atoms with Gasteiger partial charge in [0.2, 0.25) is 0 Å². The van der Waals surface area contributed by atoms with Gasteiger partial charge in [0, 0.05) is 17.7 Å². The minimum Gasteiger partial charge on any atom is -0.299 e. The van der Waals surface area contributed by atoms with Crippen LogP contribution in [0.5, 0.6) is 0 Å². The molecule has 1 aromatic heterocycles. The number of rotatable bonds is 4. The van der Waals surface area contributed by atoms with E-state index in [-0.39, 0.29) is 5.92 Å². The summed E-state index contributed by atoms with van der Waals surface area (Å²) in [6, 6.07) is 16.7. The molecular weight excluding hydrogens is 290 g/mol. The van der Waals surface area contributed by atoms with Crippen molar-refractivity contribution >= 4 is 27.4 Å². The van der Waals surface area contributed by atoms with Crippen molar-refractivity contribution in [3.05, 3.63) is 65.4 Å². The van der Waals surface area contributed by atoms with E-state index in [0.29, 0.717) is 18.1 Å². The molecule has 1 unspecified atom stereocenters. The van der Waals surface area contributed by atoms with Crippen LogP contribution in [-0.4, -0.2) is 10.2 Å². The van der Waals surface area contributed by atoms with Gasteiger partial charge in [0.25, 0.3) is 0 Å². The van der Waals surface area contributed by atoms with Gasteiger partial charge < -0.3 is 0 Å². The summed E-state index contributed by atoms with van der Waals surface area (Å²) < 4.78 is 5.55. The van der Waals surface area contributed by atoms with Crippen LogP contribution in [0.2, 0.25) is 0 Å². The van der Waals surface area contributed by atoms with Crippen molar-refractivity contribution in [3.8, 4) is 0 Å². The number of ketones is 1. The summed E-state index contributed by atoms with van der Waals surface area (Å²) in [6.45, 7) is 2.03. The topological polar surface area (TPSA) is 30.0 Å². The zero-order valence-corrected chi connectivity index (χ0v) is 13.3. The summed E-state index contributed by atoms with van der Waals surface area (Å²) in [5.41, 5.74) is 3.48. The molecule has 0 bridgehead atoms. The minimum atomic E-state index is 0.210. The number of aromatic nitrogens is 1. The zero-order valence-electron chi connectivity index (χ0n) is 12.5. The van der Waals surface area contributed by atoms with Gasteiger partial charge in [-0.1, -0.05) is 42.5 Å². The highest BCUT2D eigenvalue weighted by atomic mass is 32.1. The molecule has 110 valence electrons. The Kier molecular flexibility index (Phi) is 3.30. The third-order valence-electron chi connectivity index (χ3n) is 4.53. The third kappa shape index (κ3) is 2.46. The number of nitrogens with zero attached hydrogens (tertiary/aromatic N) is 1. The molecule has 4 rings (SSSR count). The van der Waals surface area contributed by atoms with E-state index in [1.807, 2.05) is 13.0 Å². The molecule has 2 aromatic carbocycles. The lowest BCUT2D eigenvalue weighted by Gasteiger charge is -2.02. The van der Waals surface area contributed by atoms with Gasteiger partial charge in [-0.15, -0.1) is 0 Å². The largest absolute Gasteiger partial charge is 0.299 e. The molecule has 0 saturated heterocycles. The second-order valence-electron chi connectivity index (χ2n) is 6.10. The second kappa shape index (κ2) is 5.33. The van der Waals surface area contributed by atoms with Gasteiger partial charge in [-0.2, -0.15) is 4.37 Å². The van der Waals surface area contributed by atoms with Crippen molar-refractivity contribution < 1.29 is 4.79 Å². The summed E-state index contributed by atoms with van der Waals surface area (Å²) in [4.78, 5) is 12.5. The maximum atomic E-state index is 12.5. The fraction of sp³-hybridized carbons (Fsp3) is 0.263. The lowest BCUT2D eigenvalue weighted by molar-refractivity contribution is -0.119. The smallest absolute Gasteiger partial charge is 0.140 e. The summed E-state index contributed by atoms with van der Waals surface area (Å²) in [5, 5.41) is 1.20. The number of benzene rings is 2. The van der Waals surface area contributed by atoms with Gasteiger partial charge in [0.05, 0.1) is 10.4 Å². The predicted octanol–water partition coefficient (Wildman–Crippen LogP) is 4.52. The van der Waals surface area contributed by atoms with Crippen LogP contribution in [0, 0.1) is 12.8 Å². The van der Waals surface area contributed by atoms with E-state index in [9.17, 15) is 4.79 Å². The molecule has 0 aliphatic heterocycles. The Morgan fingerprint density at radius 2 is 2.05 bits per heavy atom. The van der Waals surface area contributed by atoms with Crippen molar-refractivity contribution in [3.63, 3.8) is 0 Å². The highest BCUT2D eigenvalue weighted by Crippen LogP contribution is 2.48. The minimum absolute atomic E-state index is 0.210. The molecule has 0 spiro atoms. The van der Waals surface area contributed by atoms with E-state index in [2.05, 4.69) is 46.8 Å². The van der Waals surface area contributed by atoms with Crippen LogP contribution in [0.1, 0.15) is 29.2 Å². The first kappa shape index (κ1) is 13.6. The lowest BCUT2D eigenvalue weighted by Crippen LogP contribution is -2.06. The molecule has 1 aliphatic rings. The summed E-state index contributed by atoms with van der Waals surface area (Å²) in [7, 11) is 0. The van der Waals surface area contributed by atoms with E-state index in [1.54, 1.807) is 0 Å². The number of Topliss-reactive ketones (excluding diaryl/α,β-unsaturated/α-hetero) is 1. The molecular formula is C19H17NOS. The SMILES string of the molecule is Cc1nsc2cc(CC(=O)[C@@H]3CC3c3ccccc3)ccc12. The lowest BCUT2D eigenvalue weighted by atomic mass is 10.0. The fourth-order valence-electron chi connectivity index (χ4n) is 3.17. The first-order chi connectivity index (χ1) is 10.7. The Morgan fingerprint density at radius 3 is 2.86 bits per heavy atom. The Hall–Kier alpha value is -2.00. The second-order valence-corrected chi connectivity index (χ2v) is 6.91. The average Bonchev–Trinajstić information content (AvgIpc) is 3.27. The summed E-state index contributed by atoms with van der Waals surface area (Å²) in [6.07, 6.45) is 1.55. The Balaban J connectivity index is 1.48. The molecule has 0 amide bonds. The van der Waals surface area contributed by atoms with Crippen LogP contribution in [0.15, 0.2) is 48.5 Å². The molecule has 0 N–H and O–H groups in total. The Morgan fingerprint density at radius 1 is 1.23 bits per heavy atom. The first-order valence-corrected chi connectivity index (χ1v) is 8.42. The molecule has 2 atom stereocenters. The standard InChI is InChI=1S/C19H17NOS/c1-12-15-8-7-13(10-19(15)22-20-12)9-18(21)17-11-16(17)14-5-3-2-4-6-14/h2-8,10,16-17H,9,11H2,1H3/t16?,17-/m1/s1. The number of hydrogen-bond donors (Lipinski definition) is 0. The predicted molar refractivity (Wildman–Crippen MR) is 90.4 cm³/mol. The van der Waals surface area contributed by atoms with Crippen molar-refractivity contribution in [1.29, 1.82) is 0 Å². The zero-order chi connectivity index (χ0) is 15.1. The van der Waals surface area contributed by atoms with Crippen molar-refractivity contribution in [2.24, 2.45) is 5.92 Å². The Bertz CT molecular complexity index is 837.